The van der Waals surface area contributed by atoms with Gasteiger partial charge in [0.15, 0.2) is 0 Å². The lowest BCUT2D eigenvalue weighted by molar-refractivity contribution is 0.466. The second kappa shape index (κ2) is 17.6. The highest BCUT2D eigenvalue weighted by Gasteiger charge is 2.27. The zero-order valence-electron chi connectivity index (χ0n) is 45.6. The largest absolute Gasteiger partial charge is 0.507 e. The van der Waals surface area contributed by atoms with Gasteiger partial charge in [-0.05, 0) is 145 Å². The van der Waals surface area contributed by atoms with Crippen molar-refractivity contribution < 1.29 is 12.0 Å². The lowest BCUT2D eigenvalue weighted by Crippen LogP contribution is -2.13. The Kier molecular flexibility index (Phi) is 10.3. The van der Waals surface area contributed by atoms with Gasteiger partial charge in [0, 0.05) is 17.3 Å². The first-order valence-electron chi connectivity index (χ1n) is 25.9. The first kappa shape index (κ1) is 39.2. The number of aromatic nitrogens is 3. The van der Waals surface area contributed by atoms with Gasteiger partial charge in [0.1, 0.15) is 11.6 Å². The number of phenols is 1. The molecule has 9 aromatic rings. The molecule has 0 aliphatic heterocycles. The van der Waals surface area contributed by atoms with Gasteiger partial charge in [0.05, 0.1) is 34.8 Å². The Morgan fingerprint density at radius 3 is 1.99 bits per heavy atom. The summed E-state index contributed by atoms with van der Waals surface area (Å²) in [5.41, 5.74) is 16.7. The number of nitrogens with zero attached hydrogens (tertiary/aromatic N) is 3. The number of rotatable bonds is 9. The Labute approximate surface area is 405 Å². The van der Waals surface area contributed by atoms with Crippen LogP contribution < -0.4 is 0 Å². The van der Waals surface area contributed by atoms with Crippen LogP contribution in [-0.2, 0) is 10.8 Å². The number of aryl methyl sites for hydroxylation is 1. The van der Waals surface area contributed by atoms with E-state index in [1.807, 2.05) is 0 Å². The molecule has 1 N–H and O–H groups in total. The number of para-hydroxylation sites is 1. The molecule has 0 saturated heterocycles. The minimum Gasteiger partial charge on any atom is -0.507 e. The number of pyridine rings is 1. The average Bonchev–Trinajstić information content (AvgIpc) is 3.73. The van der Waals surface area contributed by atoms with E-state index in [0.717, 1.165) is 66.8 Å². The van der Waals surface area contributed by atoms with E-state index in [2.05, 4.69) is 196 Å². The number of hydrogen-bond acceptors (Lipinski definition) is 3. The Hall–Kier alpha value is -7.04. The summed E-state index contributed by atoms with van der Waals surface area (Å²) in [4.78, 5) is 10.4. The molecule has 0 unspecified atom stereocenters. The SMILES string of the molecule is [2H]c1c([2H])c([2H])c(-c2ccnc(-c3cc(-c4cccc5c4nc(-c4cc(C(C)C)cc(C(C)C)c4O)n5-c4ccc(-c5c(-c6ccccc6)cccc5C(C)(C)C)cc4C)cc(C(C)(C)C)c3)c2)c([2H])c1[2H]. The van der Waals surface area contributed by atoms with Crippen molar-refractivity contribution in [3.8, 4) is 78.6 Å². The number of imidazole rings is 1. The van der Waals surface area contributed by atoms with Crippen LogP contribution >= 0.6 is 0 Å². The van der Waals surface area contributed by atoms with Crippen molar-refractivity contribution in [2.75, 3.05) is 0 Å². The van der Waals surface area contributed by atoms with E-state index in [9.17, 15) is 5.11 Å². The fourth-order valence-electron chi connectivity index (χ4n) is 9.29. The maximum Gasteiger partial charge on any atom is 0.149 e. The van der Waals surface area contributed by atoms with Gasteiger partial charge in [-0.15, -0.1) is 0 Å². The predicted octanol–water partition coefficient (Wildman–Crippen LogP) is 17.3. The van der Waals surface area contributed by atoms with Gasteiger partial charge in [-0.25, -0.2) is 4.98 Å². The number of aromatic hydroxyl groups is 1. The molecule has 2 aromatic heterocycles. The molecule has 67 heavy (non-hydrogen) atoms. The number of hydrogen-bond donors (Lipinski definition) is 1. The van der Waals surface area contributed by atoms with Crippen LogP contribution in [0.3, 0.4) is 0 Å². The van der Waals surface area contributed by atoms with Gasteiger partial charge in [-0.2, -0.15) is 0 Å². The molecular weight excluding hydrogens is 815 g/mol. The monoisotopic (exact) mass is 883 g/mol. The highest BCUT2D eigenvalue weighted by atomic mass is 16.3. The smallest absolute Gasteiger partial charge is 0.149 e. The zero-order chi connectivity index (χ0) is 51.7. The van der Waals surface area contributed by atoms with Gasteiger partial charge >= 0.3 is 0 Å². The fraction of sp³-hybridized carbons (Fsp3) is 0.238. The summed E-state index contributed by atoms with van der Waals surface area (Å²) in [7, 11) is 0. The molecule has 336 valence electrons. The summed E-state index contributed by atoms with van der Waals surface area (Å²) in [6.07, 6.45) is 1.63. The van der Waals surface area contributed by atoms with Crippen molar-refractivity contribution >= 4 is 11.0 Å². The van der Waals surface area contributed by atoms with Crippen molar-refractivity contribution in [2.45, 2.75) is 98.8 Å². The third-order valence-corrected chi connectivity index (χ3v) is 13.0. The minimum absolute atomic E-state index is 0.0599. The molecule has 0 aliphatic carbocycles. The molecule has 9 rings (SSSR count). The minimum atomic E-state index is -0.431. The van der Waals surface area contributed by atoms with Crippen molar-refractivity contribution in [3.63, 3.8) is 0 Å². The van der Waals surface area contributed by atoms with E-state index in [0.29, 0.717) is 22.6 Å². The highest BCUT2D eigenvalue weighted by Crippen LogP contribution is 2.45. The molecule has 0 radical (unpaired) electrons. The number of fused-ring (bicyclic) bond motifs is 1. The predicted molar refractivity (Wildman–Crippen MR) is 283 cm³/mol. The Balaban J connectivity index is 1.30. The molecule has 7 aromatic carbocycles. The van der Waals surface area contributed by atoms with Crippen LogP contribution in [0.25, 0.3) is 83.9 Å². The molecule has 2 heterocycles. The number of phenolic OH excluding ortho intramolecular Hbond substituents is 1. The summed E-state index contributed by atoms with van der Waals surface area (Å²) in [5, 5.41) is 12.4. The second-order valence-electron chi connectivity index (χ2n) is 20.6. The van der Waals surface area contributed by atoms with E-state index >= 15 is 0 Å². The topological polar surface area (TPSA) is 50.9 Å². The van der Waals surface area contributed by atoms with Gasteiger partial charge < -0.3 is 5.11 Å². The zero-order valence-corrected chi connectivity index (χ0v) is 40.6. The number of benzene rings is 7. The second-order valence-corrected chi connectivity index (χ2v) is 20.6. The van der Waals surface area contributed by atoms with Crippen LogP contribution in [-0.4, -0.2) is 19.6 Å². The standard InChI is InChI=1S/C63H63N3O/c1-39(2)46-36-52(40(3)4)60(67)53(37-46)61-65-59-51(47-33-48(35-49(34-47)62(6,7)8)55-38-44(30-31-64-55)42-20-14-12-15-21-42)25-19-27-57(59)66(61)56-29-28-45(32-41(56)5)58-50(43-22-16-13-17-23-43)24-18-26-54(58)63(9,10)11/h12-40,67H,1-11H3/i12D,14D,15D,20D,21D. The van der Waals surface area contributed by atoms with E-state index in [1.165, 1.54) is 16.7 Å². The summed E-state index contributed by atoms with van der Waals surface area (Å²) in [6.45, 7) is 24.1. The van der Waals surface area contributed by atoms with E-state index in [4.69, 9.17) is 16.8 Å². The summed E-state index contributed by atoms with van der Waals surface area (Å²) >= 11 is 0. The molecule has 0 atom stereocenters. The van der Waals surface area contributed by atoms with Crippen molar-refractivity contribution in [3.05, 3.63) is 192 Å². The summed E-state index contributed by atoms with van der Waals surface area (Å²) in [6, 6.07) is 42.7. The fourth-order valence-corrected chi connectivity index (χ4v) is 9.29. The van der Waals surface area contributed by atoms with Gasteiger partial charge in [0.25, 0.3) is 0 Å². The molecule has 4 heteroatoms. The van der Waals surface area contributed by atoms with Crippen LogP contribution in [0, 0.1) is 6.92 Å². The normalized spacial score (nSPS) is 13.2. The van der Waals surface area contributed by atoms with Crippen LogP contribution in [0.4, 0.5) is 0 Å². The van der Waals surface area contributed by atoms with Crippen LogP contribution in [0.2, 0.25) is 0 Å². The lowest BCUT2D eigenvalue weighted by Gasteiger charge is -2.26. The molecule has 0 aliphatic rings. The van der Waals surface area contributed by atoms with Gasteiger partial charge in [0.2, 0.25) is 0 Å². The summed E-state index contributed by atoms with van der Waals surface area (Å²) < 4.78 is 44.6. The van der Waals surface area contributed by atoms with E-state index < -0.39 is 6.04 Å². The Morgan fingerprint density at radius 1 is 0.582 bits per heavy atom. The third-order valence-electron chi connectivity index (χ3n) is 13.0. The maximum absolute atomic E-state index is 12.4. The molecular formula is C63H63N3O. The van der Waals surface area contributed by atoms with Gasteiger partial charge in [-0.3, -0.25) is 9.55 Å². The average molecular weight is 883 g/mol. The first-order valence-corrected chi connectivity index (χ1v) is 23.4. The van der Waals surface area contributed by atoms with Crippen LogP contribution in [0.5, 0.6) is 5.75 Å². The summed E-state index contributed by atoms with van der Waals surface area (Å²) in [5.74, 6) is 1.11. The van der Waals surface area contributed by atoms with Crippen molar-refractivity contribution in [1.82, 2.24) is 14.5 Å². The molecule has 0 bridgehead atoms. The quantitative estimate of drug-likeness (QED) is 0.157. The van der Waals surface area contributed by atoms with Crippen molar-refractivity contribution in [2.24, 2.45) is 0 Å². The third kappa shape index (κ3) is 8.74. The first-order chi connectivity index (χ1) is 34.0. The van der Waals surface area contributed by atoms with Crippen LogP contribution in [0.1, 0.15) is 116 Å². The van der Waals surface area contributed by atoms with Crippen molar-refractivity contribution in [1.29, 1.82) is 0 Å². The Morgan fingerprint density at radius 2 is 1.30 bits per heavy atom. The lowest BCUT2D eigenvalue weighted by atomic mass is 9.78. The molecule has 4 nitrogen and oxygen atoms in total. The van der Waals surface area contributed by atoms with Gasteiger partial charge in [-0.1, -0.05) is 178 Å². The maximum atomic E-state index is 12.4. The highest BCUT2D eigenvalue weighted by molar-refractivity contribution is 5.97. The van der Waals surface area contributed by atoms with E-state index in [1.54, 1.807) is 18.3 Å². The molecule has 0 amide bonds. The Bertz CT molecular complexity index is 3550. The molecule has 0 fully saturated rings. The van der Waals surface area contributed by atoms with E-state index in [-0.39, 0.29) is 58.1 Å². The van der Waals surface area contributed by atoms with Crippen LogP contribution in [0.15, 0.2) is 164 Å². The molecule has 0 spiro atoms. The molecule has 0 saturated carbocycles.